The van der Waals surface area contributed by atoms with E-state index in [0.717, 1.165) is 45.1 Å². The predicted octanol–water partition coefficient (Wildman–Crippen LogP) is 6.50. The summed E-state index contributed by atoms with van der Waals surface area (Å²) in [4.78, 5) is 0. The van der Waals surface area contributed by atoms with Gasteiger partial charge in [-0.3, -0.25) is 10.9 Å². The Morgan fingerprint density at radius 1 is 0.943 bits per heavy atom. The molecular formula is C29H33N3O2S. The molecule has 0 unspecified atom stereocenters. The Kier molecular flexibility index (Phi) is 7.03. The molecule has 0 radical (unpaired) electrons. The number of fused-ring (bicyclic) bond motifs is 1. The van der Waals surface area contributed by atoms with Gasteiger partial charge in [-0.15, -0.1) is 0 Å². The van der Waals surface area contributed by atoms with Gasteiger partial charge in [-0.25, -0.2) is 0 Å². The summed E-state index contributed by atoms with van der Waals surface area (Å²) in [5, 5.41) is 3.80. The molecule has 0 fully saturated rings. The van der Waals surface area contributed by atoms with E-state index in [1.807, 2.05) is 50.3 Å². The predicted molar refractivity (Wildman–Crippen MR) is 148 cm³/mol. The van der Waals surface area contributed by atoms with Gasteiger partial charge in [0.05, 0.1) is 5.70 Å². The number of rotatable bonds is 6. The largest absolute Gasteiger partial charge is 0.489 e. The van der Waals surface area contributed by atoms with E-state index < -0.39 is 5.60 Å². The Hall–Kier alpha value is -3.51. The summed E-state index contributed by atoms with van der Waals surface area (Å²) < 4.78 is 12.3. The van der Waals surface area contributed by atoms with E-state index in [4.69, 9.17) is 21.7 Å². The lowest BCUT2D eigenvalue weighted by Gasteiger charge is -2.32. The molecule has 0 bridgehead atoms. The van der Waals surface area contributed by atoms with Gasteiger partial charge in [0, 0.05) is 11.3 Å². The van der Waals surface area contributed by atoms with Crippen LogP contribution in [0.25, 0.3) is 5.70 Å². The third-order valence-electron chi connectivity index (χ3n) is 5.99. The summed E-state index contributed by atoms with van der Waals surface area (Å²) in [5.74, 6) is 1.56. The maximum atomic E-state index is 6.18. The minimum Gasteiger partial charge on any atom is -0.489 e. The fourth-order valence-electron chi connectivity index (χ4n) is 4.32. The molecule has 1 aliphatic rings. The van der Waals surface area contributed by atoms with Crippen LogP contribution in [0.2, 0.25) is 0 Å². The first-order valence-electron chi connectivity index (χ1n) is 11.8. The van der Waals surface area contributed by atoms with Crippen LogP contribution in [-0.2, 0) is 6.61 Å². The SMILES string of the molecule is Cc1cc(C)c(NC(=S)NNC2=CC(C)(C)Oc3ccc(OCc4ccccc4C)cc32)c(C)c1. The van der Waals surface area contributed by atoms with Crippen molar-refractivity contribution in [2.24, 2.45) is 0 Å². The average molecular weight is 488 g/mol. The van der Waals surface area contributed by atoms with Crippen molar-refractivity contribution in [2.75, 3.05) is 5.32 Å². The molecule has 6 heteroatoms. The topological polar surface area (TPSA) is 54.5 Å². The number of nitrogens with one attached hydrogen (secondary N) is 3. The first kappa shape index (κ1) is 24.6. The highest BCUT2D eigenvalue weighted by molar-refractivity contribution is 7.80. The van der Waals surface area contributed by atoms with E-state index in [-0.39, 0.29) is 0 Å². The smallest absolute Gasteiger partial charge is 0.189 e. The maximum absolute atomic E-state index is 6.18. The normalized spacial score (nSPS) is 13.7. The van der Waals surface area contributed by atoms with E-state index in [2.05, 4.69) is 68.1 Å². The Labute approximate surface area is 213 Å². The number of hydrogen-bond acceptors (Lipinski definition) is 4. The molecule has 0 spiro atoms. The van der Waals surface area contributed by atoms with Crippen LogP contribution in [0.3, 0.4) is 0 Å². The Bertz CT molecular complexity index is 1270. The summed E-state index contributed by atoms with van der Waals surface area (Å²) >= 11 is 5.58. The molecule has 182 valence electrons. The molecule has 0 saturated carbocycles. The molecule has 35 heavy (non-hydrogen) atoms. The van der Waals surface area contributed by atoms with Gasteiger partial charge in [0.15, 0.2) is 5.11 Å². The molecular weight excluding hydrogens is 454 g/mol. The highest BCUT2D eigenvalue weighted by Crippen LogP contribution is 2.37. The maximum Gasteiger partial charge on any atom is 0.189 e. The zero-order valence-corrected chi connectivity index (χ0v) is 22.0. The number of thiocarbonyl (C=S) groups is 1. The van der Waals surface area contributed by atoms with Gasteiger partial charge >= 0.3 is 0 Å². The van der Waals surface area contributed by atoms with Crippen molar-refractivity contribution >= 4 is 28.7 Å². The van der Waals surface area contributed by atoms with Crippen LogP contribution in [0.5, 0.6) is 11.5 Å². The molecule has 0 aliphatic carbocycles. The summed E-state index contributed by atoms with van der Waals surface area (Å²) in [5.41, 5.74) is 14.7. The third-order valence-corrected chi connectivity index (χ3v) is 6.19. The van der Waals surface area contributed by atoms with Crippen LogP contribution < -0.4 is 25.6 Å². The van der Waals surface area contributed by atoms with Crippen LogP contribution in [0, 0.1) is 27.7 Å². The number of hydrazine groups is 1. The summed E-state index contributed by atoms with van der Waals surface area (Å²) in [6.07, 6.45) is 2.04. The van der Waals surface area contributed by atoms with Crippen LogP contribution in [0.4, 0.5) is 5.69 Å². The van der Waals surface area contributed by atoms with Gasteiger partial charge < -0.3 is 14.8 Å². The standard InChI is InChI=1S/C29H33N3O2S/c1-18-13-20(3)27(21(4)14-18)30-28(35)32-31-25-16-29(5,6)34-26-12-11-23(15-24(25)26)33-17-22-10-8-7-9-19(22)2/h7-16,31H,17H2,1-6H3,(H2,30,32,35). The molecule has 0 saturated heterocycles. The second-order valence-corrected chi connectivity index (χ2v) is 10.0. The molecule has 0 aromatic heterocycles. The van der Waals surface area contributed by atoms with E-state index in [0.29, 0.717) is 11.7 Å². The molecule has 3 aromatic carbocycles. The Morgan fingerprint density at radius 3 is 2.37 bits per heavy atom. The number of aryl methyl sites for hydroxylation is 4. The first-order chi connectivity index (χ1) is 16.6. The van der Waals surface area contributed by atoms with Gasteiger partial charge in [0.1, 0.15) is 23.7 Å². The highest BCUT2D eigenvalue weighted by Gasteiger charge is 2.27. The lowest BCUT2D eigenvalue weighted by molar-refractivity contribution is 0.157. The zero-order valence-electron chi connectivity index (χ0n) is 21.2. The van der Waals surface area contributed by atoms with Crippen LogP contribution in [0.15, 0.2) is 60.7 Å². The third kappa shape index (κ3) is 5.95. The molecule has 3 N–H and O–H groups in total. The Balaban J connectivity index is 1.49. The minimum atomic E-state index is -0.473. The minimum absolute atomic E-state index is 0.473. The quantitative estimate of drug-likeness (QED) is 0.272. The van der Waals surface area contributed by atoms with Gasteiger partial charge in [-0.05, 0) is 100 Å². The summed E-state index contributed by atoms with van der Waals surface area (Å²) in [6.45, 7) is 12.9. The number of benzene rings is 3. The number of anilines is 1. The Morgan fingerprint density at radius 2 is 1.66 bits per heavy atom. The molecule has 1 aliphatic heterocycles. The fourth-order valence-corrected chi connectivity index (χ4v) is 4.47. The van der Waals surface area contributed by atoms with Crippen LogP contribution >= 0.6 is 12.2 Å². The summed E-state index contributed by atoms with van der Waals surface area (Å²) in [6, 6.07) is 18.4. The van der Waals surface area contributed by atoms with Gasteiger partial charge in [0.25, 0.3) is 0 Å². The van der Waals surface area contributed by atoms with Gasteiger partial charge in [0.2, 0.25) is 0 Å². The van der Waals surface area contributed by atoms with Crippen molar-refractivity contribution in [2.45, 2.75) is 53.8 Å². The number of ether oxygens (including phenoxy) is 2. The molecule has 0 atom stereocenters. The van der Waals surface area contributed by atoms with E-state index in [1.54, 1.807) is 0 Å². The second-order valence-electron chi connectivity index (χ2n) is 9.61. The molecule has 0 amide bonds. The number of hydrogen-bond donors (Lipinski definition) is 3. The fraction of sp³-hybridized carbons (Fsp3) is 0.276. The van der Waals surface area contributed by atoms with Crippen molar-refractivity contribution < 1.29 is 9.47 Å². The molecule has 3 aromatic rings. The van der Waals surface area contributed by atoms with Crippen molar-refractivity contribution in [1.82, 2.24) is 10.9 Å². The molecule has 1 heterocycles. The van der Waals surface area contributed by atoms with Crippen molar-refractivity contribution in [3.05, 3.63) is 94.1 Å². The highest BCUT2D eigenvalue weighted by atomic mass is 32.1. The van der Waals surface area contributed by atoms with E-state index >= 15 is 0 Å². The summed E-state index contributed by atoms with van der Waals surface area (Å²) in [7, 11) is 0. The lowest BCUT2D eigenvalue weighted by Crippen LogP contribution is -2.41. The monoisotopic (exact) mass is 487 g/mol. The second kappa shape index (κ2) is 10.0. The van der Waals surface area contributed by atoms with Crippen LogP contribution in [0.1, 0.15) is 47.2 Å². The van der Waals surface area contributed by atoms with Crippen LogP contribution in [-0.4, -0.2) is 10.7 Å². The van der Waals surface area contributed by atoms with Gasteiger partial charge in [-0.2, -0.15) is 0 Å². The van der Waals surface area contributed by atoms with E-state index in [1.165, 1.54) is 11.1 Å². The first-order valence-corrected chi connectivity index (χ1v) is 12.2. The zero-order chi connectivity index (χ0) is 25.2. The van der Waals surface area contributed by atoms with E-state index in [9.17, 15) is 0 Å². The van der Waals surface area contributed by atoms with Crippen molar-refractivity contribution in [3.8, 4) is 11.5 Å². The average Bonchev–Trinajstić information content (AvgIpc) is 2.79. The van der Waals surface area contributed by atoms with Gasteiger partial charge in [-0.1, -0.05) is 42.0 Å². The molecule has 4 rings (SSSR count). The van der Waals surface area contributed by atoms with Crippen molar-refractivity contribution in [1.29, 1.82) is 0 Å². The van der Waals surface area contributed by atoms with Crippen molar-refractivity contribution in [3.63, 3.8) is 0 Å². The lowest BCUT2D eigenvalue weighted by atomic mass is 9.99. The molecule has 5 nitrogen and oxygen atoms in total.